The van der Waals surface area contributed by atoms with Crippen LogP contribution in [0.2, 0.25) is 0 Å². The summed E-state index contributed by atoms with van der Waals surface area (Å²) in [5.41, 5.74) is 1.33. The van der Waals surface area contributed by atoms with Crippen molar-refractivity contribution in [3.8, 4) is 5.75 Å². The quantitative estimate of drug-likeness (QED) is 0.501. The van der Waals surface area contributed by atoms with Gasteiger partial charge in [-0.1, -0.05) is 17.4 Å². The van der Waals surface area contributed by atoms with Crippen LogP contribution in [0.15, 0.2) is 42.5 Å². The number of benzene rings is 2. The van der Waals surface area contributed by atoms with Crippen molar-refractivity contribution in [1.82, 2.24) is 9.88 Å². The van der Waals surface area contributed by atoms with E-state index in [4.69, 9.17) is 9.72 Å². The standard InChI is InChI=1S/C24H27FN4O3S/c1-4-32-19-6-5-7-20-22(19)26-24(33-20)28(13-12-27(2)3)23(31)16-14-21(30)29(15-16)18-10-8-17(25)9-11-18/h5-11,16H,4,12-15H2,1-3H3. The zero-order valence-corrected chi connectivity index (χ0v) is 19.8. The molecule has 2 amide bonds. The van der Waals surface area contributed by atoms with E-state index in [1.54, 1.807) is 21.9 Å². The molecule has 0 aliphatic carbocycles. The van der Waals surface area contributed by atoms with Crippen molar-refractivity contribution in [1.29, 1.82) is 0 Å². The number of para-hydroxylation sites is 1. The molecule has 33 heavy (non-hydrogen) atoms. The highest BCUT2D eigenvalue weighted by Crippen LogP contribution is 2.36. The molecule has 7 nitrogen and oxygen atoms in total. The Bertz CT molecular complexity index is 1150. The van der Waals surface area contributed by atoms with Gasteiger partial charge in [-0.2, -0.15) is 0 Å². The third kappa shape index (κ3) is 4.99. The van der Waals surface area contributed by atoms with Gasteiger partial charge >= 0.3 is 0 Å². The number of likely N-dealkylation sites (N-methyl/N-ethyl adjacent to an activating group) is 1. The molecular weight excluding hydrogens is 443 g/mol. The van der Waals surface area contributed by atoms with Crippen molar-refractivity contribution in [3.05, 3.63) is 48.3 Å². The van der Waals surface area contributed by atoms with Crippen molar-refractivity contribution < 1.29 is 18.7 Å². The average molecular weight is 471 g/mol. The molecule has 4 rings (SSSR count). The van der Waals surface area contributed by atoms with Gasteiger partial charge in [0.2, 0.25) is 11.8 Å². The molecular formula is C24H27FN4O3S. The molecule has 0 N–H and O–H groups in total. The smallest absolute Gasteiger partial charge is 0.234 e. The number of fused-ring (bicyclic) bond motifs is 1. The first kappa shape index (κ1) is 23.1. The lowest BCUT2D eigenvalue weighted by atomic mass is 10.1. The summed E-state index contributed by atoms with van der Waals surface area (Å²) in [6.45, 7) is 3.82. The highest BCUT2D eigenvalue weighted by atomic mass is 32.1. The van der Waals surface area contributed by atoms with E-state index in [9.17, 15) is 14.0 Å². The van der Waals surface area contributed by atoms with Gasteiger partial charge in [0.15, 0.2) is 5.13 Å². The molecule has 2 heterocycles. The number of ether oxygens (including phenoxy) is 1. The van der Waals surface area contributed by atoms with Crippen molar-refractivity contribution in [2.75, 3.05) is 50.1 Å². The number of amides is 2. The second kappa shape index (κ2) is 9.84. The lowest BCUT2D eigenvalue weighted by Crippen LogP contribution is -2.41. The third-order valence-electron chi connectivity index (χ3n) is 5.55. The monoisotopic (exact) mass is 470 g/mol. The lowest BCUT2D eigenvalue weighted by Gasteiger charge is -2.24. The van der Waals surface area contributed by atoms with Gasteiger partial charge in [0.25, 0.3) is 0 Å². The van der Waals surface area contributed by atoms with Gasteiger partial charge in [-0.25, -0.2) is 9.37 Å². The Hall–Kier alpha value is -3.04. The molecule has 0 bridgehead atoms. The van der Waals surface area contributed by atoms with Crippen molar-refractivity contribution in [3.63, 3.8) is 0 Å². The van der Waals surface area contributed by atoms with E-state index in [1.807, 2.05) is 44.1 Å². The highest BCUT2D eigenvalue weighted by Gasteiger charge is 2.38. The summed E-state index contributed by atoms with van der Waals surface area (Å²) in [6.07, 6.45) is 0.115. The Morgan fingerprint density at radius 1 is 1.21 bits per heavy atom. The minimum atomic E-state index is -0.497. The summed E-state index contributed by atoms with van der Waals surface area (Å²) in [7, 11) is 3.90. The summed E-state index contributed by atoms with van der Waals surface area (Å²) >= 11 is 1.44. The number of aromatic nitrogens is 1. The average Bonchev–Trinajstić information content (AvgIpc) is 3.39. The van der Waals surface area contributed by atoms with Gasteiger partial charge in [0.1, 0.15) is 17.1 Å². The van der Waals surface area contributed by atoms with Crippen LogP contribution < -0.4 is 14.5 Å². The molecule has 1 saturated heterocycles. The van der Waals surface area contributed by atoms with Gasteiger partial charge in [-0.3, -0.25) is 14.5 Å². The van der Waals surface area contributed by atoms with E-state index >= 15 is 0 Å². The topological polar surface area (TPSA) is 66.0 Å². The number of hydrogen-bond acceptors (Lipinski definition) is 6. The lowest BCUT2D eigenvalue weighted by molar-refractivity contribution is -0.124. The SMILES string of the molecule is CCOc1cccc2sc(N(CCN(C)C)C(=O)C3CC(=O)N(c4ccc(F)cc4)C3)nc12. The van der Waals surface area contributed by atoms with Crippen molar-refractivity contribution in [2.24, 2.45) is 5.92 Å². The first-order valence-electron chi connectivity index (χ1n) is 10.9. The highest BCUT2D eigenvalue weighted by molar-refractivity contribution is 7.22. The number of nitrogens with zero attached hydrogens (tertiary/aromatic N) is 4. The molecule has 1 aliphatic heterocycles. The molecule has 1 aromatic heterocycles. The van der Waals surface area contributed by atoms with Crippen LogP contribution in [0.3, 0.4) is 0 Å². The van der Waals surface area contributed by atoms with E-state index in [-0.39, 0.29) is 30.6 Å². The molecule has 0 saturated carbocycles. The van der Waals surface area contributed by atoms with Crippen LogP contribution in [-0.2, 0) is 9.59 Å². The second-order valence-corrected chi connectivity index (χ2v) is 9.22. The zero-order valence-electron chi connectivity index (χ0n) is 19.0. The summed E-state index contributed by atoms with van der Waals surface area (Å²) in [5, 5.41) is 0.594. The molecule has 2 aromatic carbocycles. The van der Waals surface area contributed by atoms with Gasteiger partial charge < -0.3 is 14.5 Å². The van der Waals surface area contributed by atoms with Gasteiger partial charge in [-0.15, -0.1) is 0 Å². The zero-order chi connectivity index (χ0) is 23.5. The predicted octanol–water partition coefficient (Wildman–Crippen LogP) is 3.78. The number of rotatable bonds is 8. The second-order valence-electron chi connectivity index (χ2n) is 8.21. The Labute approximate surface area is 196 Å². The number of hydrogen-bond donors (Lipinski definition) is 0. The summed E-state index contributed by atoms with van der Waals surface area (Å²) < 4.78 is 20.0. The molecule has 3 aromatic rings. The van der Waals surface area contributed by atoms with E-state index in [0.29, 0.717) is 36.3 Å². The molecule has 0 radical (unpaired) electrons. The van der Waals surface area contributed by atoms with Crippen LogP contribution in [0, 0.1) is 11.7 Å². The van der Waals surface area contributed by atoms with E-state index in [2.05, 4.69) is 0 Å². The summed E-state index contributed by atoms with van der Waals surface area (Å²) in [6, 6.07) is 11.5. The van der Waals surface area contributed by atoms with Gasteiger partial charge in [-0.05, 0) is 57.4 Å². The maximum absolute atomic E-state index is 13.6. The van der Waals surface area contributed by atoms with Crippen LogP contribution >= 0.6 is 11.3 Å². The fraction of sp³-hybridized carbons (Fsp3) is 0.375. The normalized spacial score (nSPS) is 16.1. The Balaban J connectivity index is 1.61. The number of carbonyl (C=O) groups excluding carboxylic acids is 2. The number of anilines is 2. The fourth-order valence-corrected chi connectivity index (χ4v) is 4.88. The molecule has 9 heteroatoms. The van der Waals surface area contributed by atoms with E-state index < -0.39 is 5.92 Å². The maximum atomic E-state index is 13.6. The fourth-order valence-electron chi connectivity index (χ4n) is 3.86. The maximum Gasteiger partial charge on any atom is 0.234 e. The molecule has 1 atom stereocenters. The van der Waals surface area contributed by atoms with Crippen LogP contribution in [0.5, 0.6) is 5.75 Å². The van der Waals surface area contributed by atoms with E-state index in [1.165, 1.54) is 23.5 Å². The summed E-state index contributed by atoms with van der Waals surface area (Å²) in [4.78, 5) is 36.3. The molecule has 1 fully saturated rings. The minimum absolute atomic E-state index is 0.115. The molecule has 1 aliphatic rings. The van der Waals surface area contributed by atoms with Gasteiger partial charge in [0, 0.05) is 31.7 Å². The minimum Gasteiger partial charge on any atom is -0.492 e. The van der Waals surface area contributed by atoms with Gasteiger partial charge in [0.05, 0.1) is 17.2 Å². The van der Waals surface area contributed by atoms with E-state index in [0.717, 1.165) is 10.2 Å². The van der Waals surface area contributed by atoms with Crippen LogP contribution in [0.1, 0.15) is 13.3 Å². The number of halogens is 1. The first-order chi connectivity index (χ1) is 15.9. The molecule has 174 valence electrons. The van der Waals surface area contributed by atoms with Crippen molar-refractivity contribution >= 4 is 44.2 Å². The largest absolute Gasteiger partial charge is 0.492 e. The van der Waals surface area contributed by atoms with Crippen LogP contribution in [0.4, 0.5) is 15.2 Å². The number of thiazole rings is 1. The summed E-state index contributed by atoms with van der Waals surface area (Å²) in [5.74, 6) is -0.448. The Kier molecular flexibility index (Phi) is 6.90. The van der Waals surface area contributed by atoms with Crippen LogP contribution in [-0.4, -0.2) is 62.0 Å². The Morgan fingerprint density at radius 3 is 2.67 bits per heavy atom. The molecule has 1 unspecified atom stereocenters. The van der Waals surface area contributed by atoms with Crippen LogP contribution in [0.25, 0.3) is 10.2 Å². The Morgan fingerprint density at radius 2 is 1.97 bits per heavy atom. The van der Waals surface area contributed by atoms with Crippen molar-refractivity contribution in [2.45, 2.75) is 13.3 Å². The predicted molar refractivity (Wildman–Crippen MR) is 129 cm³/mol. The number of carbonyl (C=O) groups is 2. The first-order valence-corrected chi connectivity index (χ1v) is 11.7. The third-order valence-corrected chi connectivity index (χ3v) is 6.59. The molecule has 0 spiro atoms.